The molecule has 1 amide bonds. The van der Waals surface area contributed by atoms with Crippen LogP contribution >= 0.6 is 0 Å². The van der Waals surface area contributed by atoms with Crippen molar-refractivity contribution < 1.29 is 9.59 Å². The Labute approximate surface area is 215 Å². The van der Waals surface area contributed by atoms with Gasteiger partial charge in [0.1, 0.15) is 0 Å². The molecule has 0 bridgehead atoms. The Morgan fingerprint density at radius 2 is 1.92 bits per heavy atom. The molecular formula is C32H38N2O2. The lowest BCUT2D eigenvalue weighted by atomic mass is 10.0. The number of hydrogen-bond acceptors (Lipinski definition) is 2. The molecule has 0 aliphatic carbocycles. The Morgan fingerprint density at radius 3 is 2.72 bits per heavy atom. The first-order valence-corrected chi connectivity index (χ1v) is 12.8. The molecule has 1 aliphatic heterocycles. The number of benzene rings is 1. The summed E-state index contributed by atoms with van der Waals surface area (Å²) in [6.07, 6.45) is 23.3. The monoisotopic (exact) mass is 482 g/mol. The van der Waals surface area contributed by atoms with Crippen LogP contribution in [0.15, 0.2) is 102 Å². The molecule has 1 aromatic heterocycles. The zero-order valence-electron chi connectivity index (χ0n) is 21.9. The van der Waals surface area contributed by atoms with E-state index in [9.17, 15) is 9.59 Å². The van der Waals surface area contributed by atoms with E-state index in [-0.39, 0.29) is 23.3 Å². The predicted octanol–water partition coefficient (Wildman–Crippen LogP) is 7.09. The molecule has 0 spiro atoms. The smallest absolute Gasteiger partial charge is 0.255 e. The topological polar surface area (TPSA) is 62.0 Å². The first-order chi connectivity index (χ1) is 17.4. The highest BCUT2D eigenvalue weighted by Gasteiger charge is 2.27. The van der Waals surface area contributed by atoms with Gasteiger partial charge in [-0.1, -0.05) is 78.8 Å². The molecule has 4 nitrogen and oxygen atoms in total. The van der Waals surface area contributed by atoms with Crippen LogP contribution in [-0.2, 0) is 16.0 Å². The molecule has 2 aromatic rings. The summed E-state index contributed by atoms with van der Waals surface area (Å²) in [5.41, 5.74) is 5.00. The summed E-state index contributed by atoms with van der Waals surface area (Å²) in [6, 6.07) is 7.91. The van der Waals surface area contributed by atoms with Crippen LogP contribution in [-0.4, -0.2) is 22.7 Å². The van der Waals surface area contributed by atoms with E-state index in [2.05, 4.69) is 73.6 Å². The average Bonchev–Trinajstić information content (AvgIpc) is 3.44. The van der Waals surface area contributed by atoms with E-state index in [1.54, 1.807) is 6.08 Å². The van der Waals surface area contributed by atoms with Gasteiger partial charge in [-0.25, -0.2) is 0 Å². The van der Waals surface area contributed by atoms with Crippen molar-refractivity contribution in [3.05, 3.63) is 107 Å². The summed E-state index contributed by atoms with van der Waals surface area (Å²) in [4.78, 5) is 28.3. The van der Waals surface area contributed by atoms with Crippen molar-refractivity contribution in [2.24, 2.45) is 5.92 Å². The van der Waals surface area contributed by atoms with Crippen LogP contribution in [0, 0.1) is 5.92 Å². The predicted molar refractivity (Wildman–Crippen MR) is 151 cm³/mol. The van der Waals surface area contributed by atoms with Crippen molar-refractivity contribution in [2.75, 3.05) is 0 Å². The van der Waals surface area contributed by atoms with Crippen LogP contribution in [0.5, 0.6) is 0 Å². The van der Waals surface area contributed by atoms with E-state index in [0.717, 1.165) is 35.7 Å². The van der Waals surface area contributed by atoms with E-state index in [1.807, 2.05) is 37.4 Å². The molecule has 36 heavy (non-hydrogen) atoms. The Kier molecular flexibility index (Phi) is 10.1. The molecule has 2 heterocycles. The fraction of sp³-hybridized carbons (Fsp3) is 0.312. The summed E-state index contributed by atoms with van der Waals surface area (Å²) >= 11 is 0. The summed E-state index contributed by atoms with van der Waals surface area (Å²) in [5.74, 6) is -0.0528. The molecule has 2 N–H and O–H groups in total. The standard InChI is InChI=1S/C32H38N2O2/c1-5-23(2)13-7-6-8-14-24(3)19-25(4)15-9-12-18-31(35)29-21-27(34-32(29)36)20-26-22-33-30-17-11-10-16-28(26)30/h5-8,10-13,16-19,21-22,24,27,33H,9,14-15,20H2,1-4H3,(H,34,36)/b8-6+,13-7+,18-12+,23-5+,25-19+/t24-,27-/m0/s1. The largest absolute Gasteiger partial charge is 0.361 e. The van der Waals surface area contributed by atoms with Crippen molar-refractivity contribution in [2.45, 2.75) is 59.4 Å². The second kappa shape index (κ2) is 13.4. The lowest BCUT2D eigenvalue weighted by molar-refractivity contribution is -0.120. The number of aromatic amines is 1. The molecule has 0 saturated carbocycles. The van der Waals surface area contributed by atoms with Gasteiger partial charge < -0.3 is 10.3 Å². The van der Waals surface area contributed by atoms with E-state index < -0.39 is 0 Å². The normalized spacial score (nSPS) is 18.1. The van der Waals surface area contributed by atoms with Gasteiger partial charge in [0.25, 0.3) is 5.91 Å². The number of aromatic nitrogens is 1. The fourth-order valence-electron chi connectivity index (χ4n) is 4.31. The summed E-state index contributed by atoms with van der Waals surface area (Å²) < 4.78 is 0. The molecule has 1 aromatic carbocycles. The number of nitrogens with one attached hydrogen (secondary N) is 2. The third-order valence-electron chi connectivity index (χ3n) is 6.42. The van der Waals surface area contributed by atoms with Gasteiger partial charge in [-0.15, -0.1) is 0 Å². The molecule has 188 valence electrons. The maximum Gasteiger partial charge on any atom is 0.255 e. The number of allylic oxidation sites excluding steroid dienone is 10. The number of fused-ring (bicyclic) bond motifs is 1. The van der Waals surface area contributed by atoms with Crippen LogP contribution in [0.4, 0.5) is 0 Å². The minimum atomic E-state index is -0.289. The lowest BCUT2D eigenvalue weighted by Gasteiger charge is -2.07. The second-order valence-corrected chi connectivity index (χ2v) is 9.58. The van der Waals surface area contributed by atoms with Gasteiger partial charge in [0.15, 0.2) is 5.78 Å². The Bertz CT molecular complexity index is 1250. The number of carbonyl (C=O) groups is 2. The quantitative estimate of drug-likeness (QED) is 0.147. The molecule has 3 rings (SSSR count). The van der Waals surface area contributed by atoms with Crippen LogP contribution in [0.2, 0.25) is 0 Å². The van der Waals surface area contributed by atoms with Gasteiger partial charge in [0.05, 0.1) is 11.6 Å². The van der Waals surface area contributed by atoms with Crippen LogP contribution < -0.4 is 5.32 Å². The number of amides is 1. The number of ketones is 1. The second-order valence-electron chi connectivity index (χ2n) is 9.58. The van der Waals surface area contributed by atoms with Crippen molar-refractivity contribution in [3.63, 3.8) is 0 Å². The SMILES string of the molecule is C/C=C(C)/C=C/C=C/C[C@H](C)/C=C(\C)CC/C=C/C(=O)C1=C[C@H](Cc2c[nH]c3ccccc23)NC1=O. The summed E-state index contributed by atoms with van der Waals surface area (Å²) in [7, 11) is 0. The van der Waals surface area contributed by atoms with Crippen molar-refractivity contribution in [1.82, 2.24) is 10.3 Å². The Hall–Kier alpha value is -3.66. The van der Waals surface area contributed by atoms with Gasteiger partial charge in [0, 0.05) is 17.1 Å². The third-order valence-corrected chi connectivity index (χ3v) is 6.42. The van der Waals surface area contributed by atoms with Crippen LogP contribution in [0.1, 0.15) is 52.5 Å². The number of hydrogen-bond donors (Lipinski definition) is 2. The van der Waals surface area contributed by atoms with Gasteiger partial charge in [0.2, 0.25) is 0 Å². The first-order valence-electron chi connectivity index (χ1n) is 12.8. The number of rotatable bonds is 12. The number of para-hydroxylation sites is 1. The van der Waals surface area contributed by atoms with Gasteiger partial charge in [-0.05, 0) is 76.2 Å². The molecular weight excluding hydrogens is 444 g/mol. The highest BCUT2D eigenvalue weighted by molar-refractivity contribution is 6.24. The molecule has 0 fully saturated rings. The zero-order chi connectivity index (χ0) is 25.9. The Morgan fingerprint density at radius 1 is 1.11 bits per heavy atom. The molecule has 2 atom stereocenters. The van der Waals surface area contributed by atoms with Gasteiger partial charge in [-0.3, -0.25) is 9.59 Å². The van der Waals surface area contributed by atoms with Gasteiger partial charge in [-0.2, -0.15) is 0 Å². The maximum atomic E-state index is 12.6. The van der Waals surface area contributed by atoms with E-state index >= 15 is 0 Å². The highest BCUT2D eigenvalue weighted by Crippen LogP contribution is 2.21. The molecule has 4 heteroatoms. The van der Waals surface area contributed by atoms with Crippen LogP contribution in [0.3, 0.4) is 0 Å². The molecule has 0 saturated heterocycles. The maximum absolute atomic E-state index is 12.6. The van der Waals surface area contributed by atoms with Crippen molar-refractivity contribution >= 4 is 22.6 Å². The molecule has 1 aliphatic rings. The number of H-pyrrole nitrogens is 1. The number of carbonyl (C=O) groups excluding carboxylic acids is 2. The summed E-state index contributed by atoms with van der Waals surface area (Å²) in [6.45, 7) is 8.47. The minimum Gasteiger partial charge on any atom is -0.361 e. The zero-order valence-corrected chi connectivity index (χ0v) is 21.9. The third kappa shape index (κ3) is 7.94. The average molecular weight is 483 g/mol. The minimum absolute atomic E-state index is 0.174. The fourth-order valence-corrected chi connectivity index (χ4v) is 4.31. The Balaban J connectivity index is 1.45. The first kappa shape index (κ1) is 26.9. The van der Waals surface area contributed by atoms with Crippen LogP contribution in [0.25, 0.3) is 10.9 Å². The molecule has 0 radical (unpaired) electrons. The molecule has 0 unspecified atom stereocenters. The van der Waals surface area contributed by atoms with E-state index in [0.29, 0.717) is 12.3 Å². The van der Waals surface area contributed by atoms with E-state index in [4.69, 9.17) is 0 Å². The van der Waals surface area contributed by atoms with Crippen molar-refractivity contribution in [1.29, 1.82) is 0 Å². The lowest BCUT2D eigenvalue weighted by Crippen LogP contribution is -2.29. The highest BCUT2D eigenvalue weighted by atomic mass is 16.2. The van der Waals surface area contributed by atoms with Crippen molar-refractivity contribution in [3.8, 4) is 0 Å². The summed E-state index contributed by atoms with van der Waals surface area (Å²) in [5, 5.41) is 4.07. The van der Waals surface area contributed by atoms with Gasteiger partial charge >= 0.3 is 0 Å². The van der Waals surface area contributed by atoms with E-state index in [1.165, 1.54) is 17.2 Å².